The second-order valence-electron chi connectivity index (χ2n) is 2.96. The molecule has 8 nitrogen and oxygen atoms in total. The maximum Gasteiger partial charge on any atom is 0.306 e. The molecule has 1 atom stereocenters. The highest BCUT2D eigenvalue weighted by Gasteiger charge is 2.13. The number of carboxylic acids is 1. The van der Waals surface area contributed by atoms with E-state index in [0.717, 1.165) is 0 Å². The van der Waals surface area contributed by atoms with E-state index in [-0.39, 0.29) is 6.42 Å². The van der Waals surface area contributed by atoms with E-state index in [1.54, 1.807) is 7.05 Å². The Hall–Kier alpha value is -1.70. The van der Waals surface area contributed by atoms with Gasteiger partial charge >= 0.3 is 5.97 Å². The van der Waals surface area contributed by atoms with Crippen molar-refractivity contribution in [1.82, 2.24) is 20.2 Å². The molecule has 84 valence electrons. The van der Waals surface area contributed by atoms with Crippen LogP contribution in [0.15, 0.2) is 0 Å². The number of rotatable bonds is 6. The Labute approximate surface area is 86.2 Å². The van der Waals surface area contributed by atoms with Gasteiger partial charge in [-0.1, -0.05) is 5.10 Å². The maximum absolute atomic E-state index is 10.4. The van der Waals surface area contributed by atoms with Gasteiger partial charge in [0.25, 0.3) is 0 Å². The van der Waals surface area contributed by atoms with Gasteiger partial charge in [0.1, 0.15) is 0 Å². The Morgan fingerprint density at radius 2 is 2.47 bits per heavy atom. The van der Waals surface area contributed by atoms with E-state index < -0.39 is 12.1 Å². The fourth-order valence-corrected chi connectivity index (χ4v) is 1.02. The van der Waals surface area contributed by atoms with Crippen LogP contribution in [0.3, 0.4) is 0 Å². The third kappa shape index (κ3) is 3.50. The van der Waals surface area contributed by atoms with Crippen molar-refractivity contribution < 1.29 is 14.6 Å². The van der Waals surface area contributed by atoms with E-state index in [9.17, 15) is 4.79 Å². The Balaban J connectivity index is 2.41. The number of aromatic nitrogens is 4. The van der Waals surface area contributed by atoms with Crippen LogP contribution in [-0.2, 0) is 16.6 Å². The van der Waals surface area contributed by atoms with Crippen LogP contribution in [0.1, 0.15) is 6.42 Å². The Kier molecular flexibility index (Phi) is 3.98. The summed E-state index contributed by atoms with van der Waals surface area (Å²) in [5.74, 6) is -0.429. The summed E-state index contributed by atoms with van der Waals surface area (Å²) in [5, 5.41) is 22.2. The summed E-state index contributed by atoms with van der Waals surface area (Å²) in [6.07, 6.45) is -0.464. The molecule has 0 aromatic carbocycles. The van der Waals surface area contributed by atoms with Gasteiger partial charge in [-0.15, -0.1) is 0 Å². The van der Waals surface area contributed by atoms with Crippen LogP contribution in [0.25, 0.3) is 0 Å². The summed E-state index contributed by atoms with van der Waals surface area (Å²) in [5.41, 5.74) is 0. The molecule has 1 rings (SSSR count). The van der Waals surface area contributed by atoms with Gasteiger partial charge in [-0.3, -0.25) is 4.79 Å². The topological polar surface area (TPSA) is 102 Å². The second-order valence-corrected chi connectivity index (χ2v) is 2.96. The van der Waals surface area contributed by atoms with Gasteiger partial charge in [-0.05, 0) is 10.4 Å². The Morgan fingerprint density at radius 3 is 2.93 bits per heavy atom. The number of hydrogen-bond acceptors (Lipinski definition) is 6. The first kappa shape index (κ1) is 11.4. The first-order chi connectivity index (χ1) is 7.13. The molecule has 1 aromatic heterocycles. The number of aryl methyl sites for hydroxylation is 1. The largest absolute Gasteiger partial charge is 0.481 e. The molecule has 15 heavy (non-hydrogen) atoms. The second kappa shape index (κ2) is 5.25. The van der Waals surface area contributed by atoms with Crippen molar-refractivity contribution in [2.75, 3.05) is 19.0 Å². The molecule has 8 heteroatoms. The standard InChI is InChI=1S/C7H13N5O3/c1-12-7(9-10-11-12)8-4-5(15-2)3-6(13)14/h5H,3-4H2,1-2H3,(H,13,14)(H,8,9,11). The van der Waals surface area contributed by atoms with Crippen LogP contribution >= 0.6 is 0 Å². The smallest absolute Gasteiger partial charge is 0.306 e. The van der Waals surface area contributed by atoms with Gasteiger partial charge in [-0.2, -0.15) is 0 Å². The van der Waals surface area contributed by atoms with Crippen LogP contribution in [0.4, 0.5) is 5.95 Å². The molecule has 0 amide bonds. The van der Waals surface area contributed by atoms with Crippen LogP contribution in [0.5, 0.6) is 0 Å². The molecule has 1 heterocycles. The van der Waals surface area contributed by atoms with Crippen LogP contribution in [0, 0.1) is 0 Å². The minimum atomic E-state index is -0.903. The Bertz CT molecular complexity index is 326. The van der Waals surface area contributed by atoms with Crippen molar-refractivity contribution >= 4 is 11.9 Å². The molecule has 0 bridgehead atoms. The SMILES string of the molecule is COC(CNc1nnnn1C)CC(=O)O. The van der Waals surface area contributed by atoms with Gasteiger partial charge in [0.05, 0.1) is 12.5 Å². The van der Waals surface area contributed by atoms with E-state index in [4.69, 9.17) is 9.84 Å². The summed E-state index contributed by atoms with van der Waals surface area (Å²) >= 11 is 0. The van der Waals surface area contributed by atoms with E-state index in [0.29, 0.717) is 12.5 Å². The predicted octanol–water partition coefficient (Wildman–Crippen LogP) is -0.888. The number of ether oxygens (including phenoxy) is 1. The normalized spacial score (nSPS) is 12.4. The van der Waals surface area contributed by atoms with Crippen molar-refractivity contribution in [1.29, 1.82) is 0 Å². The predicted molar refractivity (Wildman–Crippen MR) is 50.3 cm³/mol. The van der Waals surface area contributed by atoms with Crippen LogP contribution < -0.4 is 5.32 Å². The molecule has 0 radical (unpaired) electrons. The van der Waals surface area contributed by atoms with E-state index in [1.165, 1.54) is 11.8 Å². The molecular weight excluding hydrogens is 202 g/mol. The zero-order valence-electron chi connectivity index (χ0n) is 8.54. The number of nitrogens with one attached hydrogen (secondary N) is 1. The summed E-state index contributed by atoms with van der Waals surface area (Å²) < 4.78 is 6.43. The number of anilines is 1. The van der Waals surface area contributed by atoms with E-state index >= 15 is 0 Å². The van der Waals surface area contributed by atoms with Crippen molar-refractivity contribution in [3.63, 3.8) is 0 Å². The average Bonchev–Trinajstić information content (AvgIpc) is 2.58. The third-order valence-electron chi connectivity index (χ3n) is 1.84. The fraction of sp³-hybridized carbons (Fsp3) is 0.714. The first-order valence-corrected chi connectivity index (χ1v) is 4.34. The zero-order chi connectivity index (χ0) is 11.3. The highest BCUT2D eigenvalue weighted by molar-refractivity contribution is 5.67. The maximum atomic E-state index is 10.4. The summed E-state index contributed by atoms with van der Waals surface area (Å²) in [7, 11) is 3.14. The number of aliphatic carboxylic acids is 1. The molecular formula is C7H13N5O3. The van der Waals surface area contributed by atoms with Crippen molar-refractivity contribution in [3.8, 4) is 0 Å². The fourth-order valence-electron chi connectivity index (χ4n) is 1.02. The first-order valence-electron chi connectivity index (χ1n) is 4.34. The molecule has 0 fully saturated rings. The number of hydrogen-bond donors (Lipinski definition) is 2. The molecule has 0 aliphatic carbocycles. The minimum Gasteiger partial charge on any atom is -0.481 e. The van der Waals surface area contributed by atoms with Crippen LogP contribution in [0.2, 0.25) is 0 Å². The van der Waals surface area contributed by atoms with Gasteiger partial charge in [0, 0.05) is 20.7 Å². The monoisotopic (exact) mass is 215 g/mol. The van der Waals surface area contributed by atoms with E-state index in [1.807, 2.05) is 0 Å². The molecule has 0 saturated heterocycles. The van der Waals surface area contributed by atoms with Gasteiger partial charge in [-0.25, -0.2) is 4.68 Å². The molecule has 0 aliphatic rings. The summed E-state index contributed by atoms with van der Waals surface area (Å²) in [6.45, 7) is 0.344. The van der Waals surface area contributed by atoms with E-state index in [2.05, 4.69) is 20.8 Å². The average molecular weight is 215 g/mol. The lowest BCUT2D eigenvalue weighted by Gasteiger charge is -2.13. The number of nitrogens with zero attached hydrogens (tertiary/aromatic N) is 4. The number of methoxy groups -OCH3 is 1. The van der Waals surface area contributed by atoms with Crippen LogP contribution in [-0.4, -0.2) is 51.0 Å². The molecule has 0 saturated carbocycles. The zero-order valence-corrected chi connectivity index (χ0v) is 8.54. The number of carboxylic acid groups (broad SMARTS) is 1. The number of tetrazole rings is 1. The number of carbonyl (C=O) groups is 1. The van der Waals surface area contributed by atoms with Crippen molar-refractivity contribution in [2.45, 2.75) is 12.5 Å². The molecule has 0 aliphatic heterocycles. The Morgan fingerprint density at radius 1 is 1.73 bits per heavy atom. The van der Waals surface area contributed by atoms with Gasteiger partial charge in [0.2, 0.25) is 5.95 Å². The molecule has 2 N–H and O–H groups in total. The highest BCUT2D eigenvalue weighted by atomic mass is 16.5. The molecule has 0 spiro atoms. The lowest BCUT2D eigenvalue weighted by molar-refractivity contribution is -0.139. The quantitative estimate of drug-likeness (QED) is 0.634. The summed E-state index contributed by atoms with van der Waals surface area (Å²) in [6, 6.07) is 0. The van der Waals surface area contributed by atoms with Gasteiger partial charge in [0.15, 0.2) is 0 Å². The lowest BCUT2D eigenvalue weighted by Crippen LogP contribution is -2.26. The van der Waals surface area contributed by atoms with Crippen molar-refractivity contribution in [2.24, 2.45) is 7.05 Å². The van der Waals surface area contributed by atoms with Gasteiger partial charge < -0.3 is 15.2 Å². The highest BCUT2D eigenvalue weighted by Crippen LogP contribution is 2.01. The van der Waals surface area contributed by atoms with Crippen molar-refractivity contribution in [3.05, 3.63) is 0 Å². The molecule has 1 aromatic rings. The minimum absolute atomic E-state index is 0.0607. The third-order valence-corrected chi connectivity index (χ3v) is 1.84. The summed E-state index contributed by atoms with van der Waals surface area (Å²) in [4.78, 5) is 10.4. The molecule has 1 unspecified atom stereocenters. The lowest BCUT2D eigenvalue weighted by atomic mass is 10.2.